The Kier molecular flexibility index (Phi) is 5.64. The molecule has 3 saturated carbocycles. The standard InChI is InChI=1S/C31H40O2/c1-5-7-16-31(33)18-15-27-25-13-12-23-19-24(32)14-17-29(23,3)28(25)26(20-30(27,31)4)22-10-8-21(6-2)9-11-22/h8-11,19,25-28,33H,5-6,12-15,17-18,20H2,1-4H3/t25-,26+,27-,28+,29-,30-,31-/m0/s1. The zero-order chi connectivity index (χ0) is 23.4. The van der Waals surface area contributed by atoms with Gasteiger partial charge in [-0.15, -0.1) is 5.92 Å². The normalized spacial score (nSPS) is 41.8. The van der Waals surface area contributed by atoms with Gasteiger partial charge in [0.25, 0.3) is 0 Å². The number of allylic oxidation sites excluding steroid dienone is 1. The summed E-state index contributed by atoms with van der Waals surface area (Å²) < 4.78 is 0. The second kappa shape index (κ2) is 8.13. The van der Waals surface area contributed by atoms with Crippen molar-refractivity contribution >= 4 is 5.78 Å². The van der Waals surface area contributed by atoms with E-state index in [2.05, 4.69) is 63.8 Å². The van der Waals surface area contributed by atoms with Crippen LogP contribution in [0.15, 0.2) is 35.9 Å². The number of aliphatic hydroxyl groups is 1. The van der Waals surface area contributed by atoms with Crippen molar-refractivity contribution in [2.24, 2.45) is 28.6 Å². The Labute approximate surface area is 200 Å². The Morgan fingerprint density at radius 2 is 1.82 bits per heavy atom. The molecule has 0 aromatic heterocycles. The molecule has 0 aliphatic heterocycles. The molecule has 0 amide bonds. The molecule has 5 rings (SSSR count). The van der Waals surface area contributed by atoms with Crippen molar-refractivity contribution in [1.29, 1.82) is 0 Å². The second-order valence-corrected chi connectivity index (χ2v) is 11.8. The first-order valence-corrected chi connectivity index (χ1v) is 13.3. The molecular formula is C31H40O2. The number of benzene rings is 1. The lowest BCUT2D eigenvalue weighted by Crippen LogP contribution is -2.57. The van der Waals surface area contributed by atoms with Crippen LogP contribution in [0.3, 0.4) is 0 Å². The molecule has 3 fully saturated rings. The Balaban J connectivity index is 1.64. The number of carbonyl (C=O) groups is 1. The van der Waals surface area contributed by atoms with Crippen molar-refractivity contribution < 1.29 is 9.90 Å². The first kappa shape index (κ1) is 22.9. The average molecular weight is 445 g/mol. The summed E-state index contributed by atoms with van der Waals surface area (Å²) in [7, 11) is 0. The van der Waals surface area contributed by atoms with Gasteiger partial charge in [0.15, 0.2) is 5.78 Å². The van der Waals surface area contributed by atoms with Crippen LogP contribution in [0, 0.1) is 40.4 Å². The maximum absolute atomic E-state index is 12.3. The van der Waals surface area contributed by atoms with E-state index in [4.69, 9.17) is 0 Å². The fourth-order valence-electron chi connectivity index (χ4n) is 8.51. The van der Waals surface area contributed by atoms with Gasteiger partial charge in [0, 0.05) is 18.3 Å². The molecule has 0 saturated heterocycles. The SMILES string of the molecule is CCC#C[C@]1(O)CC[C@H]2[C@@H]3CCC4=CC(=O)CC[C@]4(C)[C@H]3[C@@H](c3ccc(CC)cc3)C[C@@]21C. The predicted octanol–water partition coefficient (Wildman–Crippen LogP) is 6.62. The van der Waals surface area contributed by atoms with Crippen LogP contribution in [-0.4, -0.2) is 16.5 Å². The van der Waals surface area contributed by atoms with Gasteiger partial charge in [0.2, 0.25) is 0 Å². The third-order valence-electron chi connectivity index (χ3n) is 10.4. The molecule has 0 spiro atoms. The number of fused-ring (bicyclic) bond motifs is 5. The third-order valence-corrected chi connectivity index (χ3v) is 10.4. The molecule has 1 aromatic rings. The minimum absolute atomic E-state index is 0.0854. The fourth-order valence-corrected chi connectivity index (χ4v) is 8.51. The Morgan fingerprint density at radius 3 is 2.52 bits per heavy atom. The molecule has 7 atom stereocenters. The third kappa shape index (κ3) is 3.37. The van der Waals surface area contributed by atoms with Crippen molar-refractivity contribution in [3.63, 3.8) is 0 Å². The smallest absolute Gasteiger partial charge is 0.155 e. The number of ketones is 1. The monoisotopic (exact) mass is 444 g/mol. The Morgan fingerprint density at radius 1 is 1.06 bits per heavy atom. The van der Waals surface area contributed by atoms with Gasteiger partial charge >= 0.3 is 0 Å². The summed E-state index contributed by atoms with van der Waals surface area (Å²) in [6, 6.07) is 9.29. The minimum atomic E-state index is -0.889. The van der Waals surface area contributed by atoms with Crippen LogP contribution < -0.4 is 0 Å². The largest absolute Gasteiger partial charge is 0.377 e. The summed E-state index contributed by atoms with van der Waals surface area (Å²) in [4.78, 5) is 12.3. The van der Waals surface area contributed by atoms with E-state index in [1.165, 1.54) is 16.7 Å². The second-order valence-electron chi connectivity index (χ2n) is 11.8. The highest BCUT2D eigenvalue weighted by Crippen LogP contribution is 2.70. The van der Waals surface area contributed by atoms with Crippen molar-refractivity contribution in [3.8, 4) is 11.8 Å². The zero-order valence-corrected chi connectivity index (χ0v) is 20.9. The van der Waals surface area contributed by atoms with Crippen LogP contribution in [0.2, 0.25) is 0 Å². The van der Waals surface area contributed by atoms with E-state index in [-0.39, 0.29) is 10.8 Å². The van der Waals surface area contributed by atoms with Crippen molar-refractivity contribution in [1.82, 2.24) is 0 Å². The maximum atomic E-state index is 12.3. The summed E-state index contributed by atoms with van der Waals surface area (Å²) in [6.45, 7) is 9.08. The molecule has 0 heterocycles. The van der Waals surface area contributed by atoms with Gasteiger partial charge in [-0.3, -0.25) is 4.79 Å². The summed E-state index contributed by atoms with van der Waals surface area (Å²) in [5.74, 6) is 8.90. The van der Waals surface area contributed by atoms with Crippen molar-refractivity contribution in [2.75, 3.05) is 0 Å². The number of hydrogen-bond donors (Lipinski definition) is 1. The van der Waals surface area contributed by atoms with Gasteiger partial charge in [0.1, 0.15) is 5.60 Å². The quantitative estimate of drug-likeness (QED) is 0.521. The van der Waals surface area contributed by atoms with Gasteiger partial charge in [-0.2, -0.15) is 0 Å². The average Bonchev–Trinajstić information content (AvgIpc) is 3.08. The molecule has 4 aliphatic carbocycles. The molecule has 2 heteroatoms. The van der Waals surface area contributed by atoms with Crippen LogP contribution >= 0.6 is 0 Å². The molecule has 2 nitrogen and oxygen atoms in total. The molecule has 1 N–H and O–H groups in total. The van der Waals surface area contributed by atoms with Gasteiger partial charge in [-0.25, -0.2) is 0 Å². The summed E-state index contributed by atoms with van der Waals surface area (Å²) in [5.41, 5.74) is 3.20. The highest BCUT2D eigenvalue weighted by atomic mass is 16.3. The first-order valence-electron chi connectivity index (χ1n) is 13.3. The molecule has 4 aliphatic rings. The van der Waals surface area contributed by atoms with Crippen LogP contribution in [0.5, 0.6) is 0 Å². The van der Waals surface area contributed by atoms with Gasteiger partial charge in [-0.1, -0.05) is 63.5 Å². The summed E-state index contributed by atoms with van der Waals surface area (Å²) >= 11 is 0. The molecule has 1 aromatic carbocycles. The lowest BCUT2D eigenvalue weighted by molar-refractivity contribution is -0.122. The zero-order valence-electron chi connectivity index (χ0n) is 20.9. The maximum Gasteiger partial charge on any atom is 0.155 e. The van der Waals surface area contributed by atoms with Gasteiger partial charge in [-0.05, 0) is 91.2 Å². The van der Waals surface area contributed by atoms with Gasteiger partial charge in [0.05, 0.1) is 0 Å². The Hall–Kier alpha value is -1.85. The number of hydrogen-bond acceptors (Lipinski definition) is 2. The number of aryl methyl sites for hydroxylation is 1. The summed E-state index contributed by atoms with van der Waals surface area (Å²) in [6.07, 6.45) is 10.5. The first-order chi connectivity index (χ1) is 15.8. The number of carbonyl (C=O) groups excluding carboxylic acids is 1. The van der Waals surface area contributed by atoms with E-state index in [0.29, 0.717) is 35.9 Å². The van der Waals surface area contributed by atoms with E-state index >= 15 is 0 Å². The highest BCUT2D eigenvalue weighted by molar-refractivity contribution is 5.91. The van der Waals surface area contributed by atoms with Gasteiger partial charge < -0.3 is 5.11 Å². The molecule has 0 bridgehead atoms. The minimum Gasteiger partial charge on any atom is -0.377 e. The van der Waals surface area contributed by atoms with Crippen LogP contribution in [-0.2, 0) is 11.2 Å². The fraction of sp³-hybridized carbons (Fsp3) is 0.645. The van der Waals surface area contributed by atoms with E-state index in [1.54, 1.807) is 0 Å². The van der Waals surface area contributed by atoms with E-state index < -0.39 is 5.60 Å². The lowest BCUT2D eigenvalue weighted by atomic mass is 9.43. The molecule has 176 valence electrons. The van der Waals surface area contributed by atoms with Crippen LogP contribution in [0.25, 0.3) is 0 Å². The van der Waals surface area contributed by atoms with Crippen LogP contribution in [0.1, 0.15) is 96.1 Å². The molecular weight excluding hydrogens is 404 g/mol. The molecule has 0 radical (unpaired) electrons. The van der Waals surface area contributed by atoms with E-state index in [0.717, 1.165) is 51.4 Å². The van der Waals surface area contributed by atoms with Crippen molar-refractivity contribution in [2.45, 2.75) is 97.0 Å². The highest BCUT2D eigenvalue weighted by Gasteiger charge is 2.66. The Bertz CT molecular complexity index is 1020. The van der Waals surface area contributed by atoms with E-state index in [9.17, 15) is 9.90 Å². The molecule has 0 unspecified atom stereocenters. The van der Waals surface area contributed by atoms with Crippen LogP contribution in [0.4, 0.5) is 0 Å². The molecule has 33 heavy (non-hydrogen) atoms. The van der Waals surface area contributed by atoms with Crippen molar-refractivity contribution in [3.05, 3.63) is 47.0 Å². The lowest BCUT2D eigenvalue weighted by Gasteiger charge is -2.61. The van der Waals surface area contributed by atoms with E-state index in [1.807, 2.05) is 6.08 Å². The summed E-state index contributed by atoms with van der Waals surface area (Å²) in [5, 5.41) is 11.9. The number of rotatable bonds is 2. The topological polar surface area (TPSA) is 37.3 Å². The predicted molar refractivity (Wildman–Crippen MR) is 134 cm³/mol.